The first kappa shape index (κ1) is 13.3. The fraction of sp³-hybridized carbons (Fsp3) is 0.818. The van der Waals surface area contributed by atoms with Crippen LogP contribution in [0.4, 0.5) is 0 Å². The maximum Gasteiger partial charge on any atom is 0.302 e. The average molecular weight is 260 g/mol. The normalized spacial score (nSPS) is 36.9. The molecule has 0 saturated carbocycles. The van der Waals surface area contributed by atoms with Crippen molar-refractivity contribution in [1.29, 1.82) is 0 Å². The molecule has 102 valence electrons. The molecule has 2 fully saturated rings. The fourth-order valence-electron chi connectivity index (χ4n) is 2.02. The highest BCUT2D eigenvalue weighted by Gasteiger charge is 2.68. The van der Waals surface area contributed by atoms with E-state index in [1.54, 1.807) is 0 Å². The number of epoxide rings is 1. The standard InChI is InChI=1S/C11H16O7/c1-6(12)15-4-8-9-10(17-9)11(14-3,18-8)5-16-7(2)13/h8-10H,4-5H2,1-3H3/t8-,9+,10+,11-/m1/s1. The lowest BCUT2D eigenvalue weighted by atomic mass is 10.1. The number of methoxy groups -OCH3 is 1. The fourth-order valence-corrected chi connectivity index (χ4v) is 2.02. The van der Waals surface area contributed by atoms with Crippen LogP contribution in [-0.4, -0.2) is 56.4 Å². The summed E-state index contributed by atoms with van der Waals surface area (Å²) < 4.78 is 26.1. The van der Waals surface area contributed by atoms with E-state index in [4.69, 9.17) is 23.7 Å². The highest BCUT2D eigenvalue weighted by atomic mass is 16.8. The zero-order chi connectivity index (χ0) is 13.3. The van der Waals surface area contributed by atoms with Gasteiger partial charge in [0.1, 0.15) is 31.5 Å². The molecule has 7 nitrogen and oxygen atoms in total. The molecule has 0 aliphatic carbocycles. The molecule has 0 aromatic rings. The number of hydrogen-bond donors (Lipinski definition) is 0. The van der Waals surface area contributed by atoms with Crippen LogP contribution in [0.15, 0.2) is 0 Å². The Morgan fingerprint density at radius 2 is 1.89 bits per heavy atom. The van der Waals surface area contributed by atoms with E-state index in [-0.39, 0.29) is 31.4 Å². The SMILES string of the molecule is CO[C@]1(COC(C)=O)O[C@H](COC(C)=O)[C@@H]2O[C@@H]21. The van der Waals surface area contributed by atoms with Crippen molar-refractivity contribution < 1.29 is 33.3 Å². The number of fused-ring (bicyclic) bond motifs is 1. The number of esters is 2. The molecule has 0 aromatic carbocycles. The van der Waals surface area contributed by atoms with Crippen LogP contribution < -0.4 is 0 Å². The predicted molar refractivity (Wildman–Crippen MR) is 56.5 cm³/mol. The molecule has 0 bridgehead atoms. The Morgan fingerprint density at radius 3 is 2.44 bits per heavy atom. The second-order valence-electron chi connectivity index (χ2n) is 4.28. The van der Waals surface area contributed by atoms with Gasteiger partial charge in [-0.3, -0.25) is 9.59 Å². The number of hydrogen-bond acceptors (Lipinski definition) is 7. The molecule has 2 heterocycles. The van der Waals surface area contributed by atoms with Crippen LogP contribution in [0, 0.1) is 0 Å². The van der Waals surface area contributed by atoms with Crippen molar-refractivity contribution in [1.82, 2.24) is 0 Å². The molecule has 18 heavy (non-hydrogen) atoms. The van der Waals surface area contributed by atoms with Crippen molar-refractivity contribution in [2.75, 3.05) is 20.3 Å². The van der Waals surface area contributed by atoms with Crippen molar-refractivity contribution in [2.45, 2.75) is 37.9 Å². The number of carbonyl (C=O) groups excluding carboxylic acids is 2. The highest BCUT2D eigenvalue weighted by molar-refractivity contribution is 5.66. The summed E-state index contributed by atoms with van der Waals surface area (Å²) in [5.41, 5.74) is 0. The van der Waals surface area contributed by atoms with Gasteiger partial charge in [0.25, 0.3) is 0 Å². The van der Waals surface area contributed by atoms with Crippen LogP contribution in [0.3, 0.4) is 0 Å². The summed E-state index contributed by atoms with van der Waals surface area (Å²) >= 11 is 0. The minimum atomic E-state index is -1.10. The molecule has 4 atom stereocenters. The molecule has 2 saturated heterocycles. The Morgan fingerprint density at radius 1 is 1.22 bits per heavy atom. The summed E-state index contributed by atoms with van der Waals surface area (Å²) in [6.07, 6.45) is -0.864. The molecule has 2 aliphatic heterocycles. The summed E-state index contributed by atoms with van der Waals surface area (Å²) in [7, 11) is 1.45. The monoisotopic (exact) mass is 260 g/mol. The van der Waals surface area contributed by atoms with Gasteiger partial charge in [0.05, 0.1) is 0 Å². The Balaban J connectivity index is 1.94. The molecule has 0 spiro atoms. The zero-order valence-corrected chi connectivity index (χ0v) is 10.5. The van der Waals surface area contributed by atoms with Crippen LogP contribution in [0.25, 0.3) is 0 Å². The van der Waals surface area contributed by atoms with E-state index in [1.807, 2.05) is 0 Å². The summed E-state index contributed by atoms with van der Waals surface area (Å²) in [6.45, 7) is 2.68. The smallest absolute Gasteiger partial charge is 0.302 e. The molecule has 2 rings (SSSR count). The van der Waals surface area contributed by atoms with Crippen molar-refractivity contribution in [2.24, 2.45) is 0 Å². The summed E-state index contributed by atoms with van der Waals surface area (Å²) in [6, 6.07) is 0. The summed E-state index contributed by atoms with van der Waals surface area (Å²) in [5, 5.41) is 0. The van der Waals surface area contributed by atoms with Gasteiger partial charge in [-0.15, -0.1) is 0 Å². The Labute approximate surface area is 104 Å². The summed E-state index contributed by atoms with van der Waals surface area (Å²) in [4.78, 5) is 21.6. The van der Waals surface area contributed by atoms with Crippen molar-refractivity contribution in [3.63, 3.8) is 0 Å². The quantitative estimate of drug-likeness (QED) is 0.492. The van der Waals surface area contributed by atoms with Gasteiger partial charge in [-0.1, -0.05) is 0 Å². The first-order valence-corrected chi connectivity index (χ1v) is 5.63. The first-order chi connectivity index (χ1) is 8.48. The molecule has 0 radical (unpaired) electrons. The topological polar surface area (TPSA) is 83.6 Å². The average Bonchev–Trinajstić information content (AvgIpc) is 3.04. The third-order valence-electron chi connectivity index (χ3n) is 2.95. The predicted octanol–water partition coefficient (Wildman–Crippen LogP) is -0.378. The minimum absolute atomic E-state index is 0.0451. The first-order valence-electron chi connectivity index (χ1n) is 5.63. The molecular formula is C11H16O7. The van der Waals surface area contributed by atoms with Crippen LogP contribution in [0.5, 0.6) is 0 Å². The Hall–Kier alpha value is -1.18. The van der Waals surface area contributed by atoms with Gasteiger partial charge in [0, 0.05) is 21.0 Å². The highest BCUT2D eigenvalue weighted by Crippen LogP contribution is 2.46. The van der Waals surface area contributed by atoms with Gasteiger partial charge in [-0.25, -0.2) is 0 Å². The van der Waals surface area contributed by atoms with Crippen molar-refractivity contribution >= 4 is 11.9 Å². The van der Waals surface area contributed by atoms with E-state index in [2.05, 4.69) is 0 Å². The molecule has 7 heteroatoms. The van der Waals surface area contributed by atoms with Gasteiger partial charge in [0.15, 0.2) is 0 Å². The largest absolute Gasteiger partial charge is 0.463 e. The molecular weight excluding hydrogens is 244 g/mol. The van der Waals surface area contributed by atoms with E-state index in [1.165, 1.54) is 21.0 Å². The molecule has 0 amide bonds. The van der Waals surface area contributed by atoms with Crippen LogP contribution in [0.1, 0.15) is 13.8 Å². The summed E-state index contributed by atoms with van der Waals surface area (Å²) in [5.74, 6) is -1.90. The van der Waals surface area contributed by atoms with Crippen molar-refractivity contribution in [3.05, 3.63) is 0 Å². The van der Waals surface area contributed by atoms with E-state index >= 15 is 0 Å². The lowest BCUT2D eigenvalue weighted by molar-refractivity contribution is -0.270. The Kier molecular flexibility index (Phi) is 3.56. The molecule has 0 unspecified atom stereocenters. The molecule has 0 aromatic heterocycles. The van der Waals surface area contributed by atoms with Crippen LogP contribution >= 0.6 is 0 Å². The lowest BCUT2D eigenvalue weighted by Gasteiger charge is -2.29. The molecule has 2 aliphatic rings. The van der Waals surface area contributed by atoms with E-state index in [9.17, 15) is 9.59 Å². The van der Waals surface area contributed by atoms with Gasteiger partial charge in [-0.05, 0) is 0 Å². The second kappa shape index (κ2) is 4.83. The van der Waals surface area contributed by atoms with Crippen molar-refractivity contribution in [3.8, 4) is 0 Å². The minimum Gasteiger partial charge on any atom is -0.463 e. The number of carbonyl (C=O) groups is 2. The van der Waals surface area contributed by atoms with Gasteiger partial charge < -0.3 is 23.7 Å². The van der Waals surface area contributed by atoms with Crippen LogP contribution in [-0.2, 0) is 33.3 Å². The maximum atomic E-state index is 10.8. The second-order valence-corrected chi connectivity index (χ2v) is 4.28. The molecule has 0 N–H and O–H groups in total. The van der Waals surface area contributed by atoms with Gasteiger partial charge >= 0.3 is 11.9 Å². The van der Waals surface area contributed by atoms with E-state index < -0.39 is 17.9 Å². The van der Waals surface area contributed by atoms with E-state index in [0.717, 1.165) is 0 Å². The van der Waals surface area contributed by atoms with Gasteiger partial charge in [-0.2, -0.15) is 0 Å². The third-order valence-corrected chi connectivity index (χ3v) is 2.95. The van der Waals surface area contributed by atoms with E-state index in [0.29, 0.717) is 0 Å². The number of rotatable bonds is 5. The van der Waals surface area contributed by atoms with Gasteiger partial charge in [0.2, 0.25) is 5.79 Å². The number of ether oxygens (including phenoxy) is 5. The lowest BCUT2D eigenvalue weighted by Crippen LogP contribution is -2.44. The maximum absolute atomic E-state index is 10.8. The Bertz CT molecular complexity index is 355. The third kappa shape index (κ3) is 2.47. The van der Waals surface area contributed by atoms with Crippen LogP contribution in [0.2, 0.25) is 0 Å². The zero-order valence-electron chi connectivity index (χ0n) is 10.5.